The maximum atomic E-state index is 14.2. The van der Waals surface area contributed by atoms with Crippen molar-refractivity contribution in [2.75, 3.05) is 13.2 Å². The Hall–Kier alpha value is -1.87. The van der Waals surface area contributed by atoms with Crippen molar-refractivity contribution in [2.24, 2.45) is 0 Å². The van der Waals surface area contributed by atoms with Crippen molar-refractivity contribution < 1.29 is 9.13 Å². The van der Waals surface area contributed by atoms with Crippen LogP contribution in [0.15, 0.2) is 42.5 Å². The van der Waals surface area contributed by atoms with Gasteiger partial charge in [-0.3, -0.25) is 0 Å². The second kappa shape index (κ2) is 7.79. The highest BCUT2D eigenvalue weighted by atomic mass is 19.1. The summed E-state index contributed by atoms with van der Waals surface area (Å²) >= 11 is 0. The van der Waals surface area contributed by atoms with Crippen LogP contribution in [0.1, 0.15) is 25.8 Å². The lowest BCUT2D eigenvalue weighted by Gasteiger charge is -2.09. The molecule has 0 aliphatic rings. The van der Waals surface area contributed by atoms with Crippen molar-refractivity contribution in [1.82, 2.24) is 5.32 Å². The van der Waals surface area contributed by atoms with Gasteiger partial charge in [-0.15, -0.1) is 0 Å². The number of hydrogen-bond acceptors (Lipinski definition) is 2. The fourth-order valence-electron chi connectivity index (χ4n) is 2.12. The van der Waals surface area contributed by atoms with Crippen molar-refractivity contribution in [2.45, 2.75) is 26.8 Å². The number of rotatable bonds is 7. The molecule has 112 valence electrons. The van der Waals surface area contributed by atoms with Crippen LogP contribution in [-0.2, 0) is 6.54 Å². The zero-order valence-corrected chi connectivity index (χ0v) is 12.7. The third kappa shape index (κ3) is 4.30. The Bertz CT molecular complexity index is 566. The zero-order chi connectivity index (χ0) is 15.1. The summed E-state index contributed by atoms with van der Waals surface area (Å²) in [7, 11) is 0. The first-order chi connectivity index (χ1) is 10.2. The molecule has 0 aliphatic carbocycles. The molecule has 0 saturated heterocycles. The molecule has 0 aromatic heterocycles. The van der Waals surface area contributed by atoms with E-state index < -0.39 is 0 Å². The molecule has 0 bridgehead atoms. The summed E-state index contributed by atoms with van der Waals surface area (Å²) in [6.45, 7) is 6.37. The molecule has 3 heteroatoms. The predicted octanol–water partition coefficient (Wildman–Crippen LogP) is 4.39. The second-order valence-corrected chi connectivity index (χ2v) is 4.97. The van der Waals surface area contributed by atoms with E-state index in [0.29, 0.717) is 18.7 Å². The molecule has 0 spiro atoms. The molecule has 0 amide bonds. The van der Waals surface area contributed by atoms with Gasteiger partial charge < -0.3 is 10.1 Å². The van der Waals surface area contributed by atoms with Crippen molar-refractivity contribution >= 4 is 0 Å². The van der Waals surface area contributed by atoms with Gasteiger partial charge in [0.05, 0.1) is 6.61 Å². The molecule has 21 heavy (non-hydrogen) atoms. The maximum absolute atomic E-state index is 14.2. The lowest BCUT2D eigenvalue weighted by atomic mass is 10.0. The molecule has 2 nitrogen and oxygen atoms in total. The minimum Gasteiger partial charge on any atom is -0.494 e. The quantitative estimate of drug-likeness (QED) is 0.815. The Labute approximate surface area is 126 Å². The minimum atomic E-state index is -0.187. The summed E-state index contributed by atoms with van der Waals surface area (Å²) in [5.74, 6) is 0.636. The van der Waals surface area contributed by atoms with Crippen LogP contribution >= 0.6 is 0 Å². The highest BCUT2D eigenvalue weighted by molar-refractivity contribution is 5.65. The van der Waals surface area contributed by atoms with Crippen molar-refractivity contribution in [1.29, 1.82) is 0 Å². The third-order valence-electron chi connectivity index (χ3n) is 3.25. The summed E-state index contributed by atoms with van der Waals surface area (Å²) in [5, 5.41) is 3.19. The van der Waals surface area contributed by atoms with E-state index in [1.807, 2.05) is 43.3 Å². The van der Waals surface area contributed by atoms with Crippen molar-refractivity contribution in [3.8, 4) is 16.9 Å². The fourth-order valence-corrected chi connectivity index (χ4v) is 2.12. The average molecular weight is 287 g/mol. The summed E-state index contributed by atoms with van der Waals surface area (Å²) in [5.41, 5.74) is 2.45. The molecule has 2 aromatic carbocycles. The standard InChI is InChI=1S/C18H22FNO/c1-3-11-21-16-8-6-15(7-9-16)17-10-5-14(12-18(17)19)13-20-4-2/h5-10,12,20H,3-4,11,13H2,1-2H3. The summed E-state index contributed by atoms with van der Waals surface area (Å²) < 4.78 is 19.7. The van der Waals surface area contributed by atoms with Crippen molar-refractivity contribution in [3.05, 3.63) is 53.8 Å². The van der Waals surface area contributed by atoms with E-state index in [9.17, 15) is 4.39 Å². The molecule has 0 unspecified atom stereocenters. The Balaban J connectivity index is 2.13. The van der Waals surface area contributed by atoms with Gasteiger partial charge in [0.15, 0.2) is 0 Å². The second-order valence-electron chi connectivity index (χ2n) is 4.97. The predicted molar refractivity (Wildman–Crippen MR) is 85.0 cm³/mol. The summed E-state index contributed by atoms with van der Waals surface area (Å²) in [6.07, 6.45) is 0.976. The SMILES string of the molecule is CCCOc1ccc(-c2ccc(CNCC)cc2F)cc1. The van der Waals surface area contributed by atoms with Crippen LogP contribution in [0.5, 0.6) is 5.75 Å². The first-order valence-corrected chi connectivity index (χ1v) is 7.47. The molecule has 0 heterocycles. The van der Waals surface area contributed by atoms with Gasteiger partial charge in [0.2, 0.25) is 0 Å². The van der Waals surface area contributed by atoms with Gasteiger partial charge in [-0.1, -0.05) is 38.1 Å². The van der Waals surface area contributed by atoms with E-state index in [0.717, 1.165) is 29.8 Å². The molecule has 0 aliphatic heterocycles. The lowest BCUT2D eigenvalue weighted by Crippen LogP contribution is -2.11. The third-order valence-corrected chi connectivity index (χ3v) is 3.25. The van der Waals surface area contributed by atoms with E-state index in [4.69, 9.17) is 4.74 Å². The van der Waals surface area contributed by atoms with Crippen LogP contribution in [-0.4, -0.2) is 13.2 Å². The maximum Gasteiger partial charge on any atom is 0.131 e. The number of hydrogen-bond donors (Lipinski definition) is 1. The molecule has 2 aromatic rings. The smallest absolute Gasteiger partial charge is 0.131 e. The molecular formula is C18H22FNO. The molecule has 1 N–H and O–H groups in total. The first kappa shape index (κ1) is 15.5. The molecular weight excluding hydrogens is 265 g/mol. The largest absolute Gasteiger partial charge is 0.494 e. The van der Waals surface area contributed by atoms with Crippen LogP contribution in [0.25, 0.3) is 11.1 Å². The Morgan fingerprint density at radius 3 is 2.43 bits per heavy atom. The van der Waals surface area contributed by atoms with Gasteiger partial charge in [-0.2, -0.15) is 0 Å². The van der Waals surface area contributed by atoms with Gasteiger partial charge in [0.1, 0.15) is 11.6 Å². The van der Waals surface area contributed by atoms with E-state index in [-0.39, 0.29) is 5.82 Å². The van der Waals surface area contributed by atoms with Gasteiger partial charge in [0.25, 0.3) is 0 Å². The van der Waals surface area contributed by atoms with Crippen LogP contribution in [0, 0.1) is 5.82 Å². The van der Waals surface area contributed by atoms with E-state index >= 15 is 0 Å². The number of nitrogens with one attached hydrogen (secondary N) is 1. The highest BCUT2D eigenvalue weighted by Gasteiger charge is 2.06. The Morgan fingerprint density at radius 2 is 1.81 bits per heavy atom. The fraction of sp³-hybridized carbons (Fsp3) is 0.333. The monoisotopic (exact) mass is 287 g/mol. The number of ether oxygens (including phenoxy) is 1. The zero-order valence-electron chi connectivity index (χ0n) is 12.7. The van der Waals surface area contributed by atoms with Crippen LogP contribution in [0.3, 0.4) is 0 Å². The van der Waals surface area contributed by atoms with Gasteiger partial charge in [-0.05, 0) is 42.3 Å². The number of benzene rings is 2. The van der Waals surface area contributed by atoms with Gasteiger partial charge in [-0.25, -0.2) is 4.39 Å². The molecule has 0 atom stereocenters. The van der Waals surface area contributed by atoms with Crippen LogP contribution < -0.4 is 10.1 Å². The number of halogens is 1. The minimum absolute atomic E-state index is 0.187. The Kier molecular flexibility index (Phi) is 5.76. The van der Waals surface area contributed by atoms with Crippen LogP contribution in [0.2, 0.25) is 0 Å². The molecule has 0 saturated carbocycles. The Morgan fingerprint density at radius 1 is 1.05 bits per heavy atom. The van der Waals surface area contributed by atoms with Gasteiger partial charge in [0, 0.05) is 12.1 Å². The normalized spacial score (nSPS) is 10.6. The summed E-state index contributed by atoms with van der Waals surface area (Å²) in [4.78, 5) is 0. The van der Waals surface area contributed by atoms with E-state index in [1.165, 1.54) is 0 Å². The van der Waals surface area contributed by atoms with Crippen LogP contribution in [0.4, 0.5) is 4.39 Å². The molecule has 2 rings (SSSR count). The lowest BCUT2D eigenvalue weighted by molar-refractivity contribution is 0.317. The highest BCUT2D eigenvalue weighted by Crippen LogP contribution is 2.25. The topological polar surface area (TPSA) is 21.3 Å². The van der Waals surface area contributed by atoms with Gasteiger partial charge >= 0.3 is 0 Å². The first-order valence-electron chi connectivity index (χ1n) is 7.47. The van der Waals surface area contributed by atoms with E-state index in [2.05, 4.69) is 12.2 Å². The summed E-state index contributed by atoms with van der Waals surface area (Å²) in [6, 6.07) is 13.0. The van der Waals surface area contributed by atoms with Crippen molar-refractivity contribution in [3.63, 3.8) is 0 Å². The average Bonchev–Trinajstić information content (AvgIpc) is 2.52. The molecule has 0 radical (unpaired) electrons. The van der Waals surface area contributed by atoms with E-state index in [1.54, 1.807) is 6.07 Å². The molecule has 0 fully saturated rings.